The molecule has 0 radical (unpaired) electrons. The summed E-state index contributed by atoms with van der Waals surface area (Å²) < 4.78 is 1.92. The van der Waals surface area contributed by atoms with E-state index in [0.29, 0.717) is 0 Å². The van der Waals surface area contributed by atoms with E-state index in [0.717, 1.165) is 16.5 Å². The highest BCUT2D eigenvalue weighted by Gasteiger charge is 2.30. The third-order valence-corrected chi connectivity index (χ3v) is 5.19. The Labute approximate surface area is 175 Å². The normalized spacial score (nSPS) is 14.4. The number of fused-ring (bicyclic) bond motifs is 1. The molecular weight excluding hydrogens is 392 g/mol. The van der Waals surface area contributed by atoms with E-state index in [2.05, 4.69) is 23.3 Å². The molecule has 0 spiro atoms. The molecule has 2 rings (SSSR count). The molecule has 8 nitrogen and oxygen atoms in total. The lowest BCUT2D eigenvalue weighted by Gasteiger charge is -2.25. The zero-order chi connectivity index (χ0) is 21.7. The summed E-state index contributed by atoms with van der Waals surface area (Å²) in [6.45, 7) is 3.52. The minimum absolute atomic E-state index is 0.122. The number of nitrogens with two attached hydrogens (primary N) is 1. The zero-order valence-electron chi connectivity index (χ0n) is 16.8. The summed E-state index contributed by atoms with van der Waals surface area (Å²) in [5.74, 6) is -2.33. The van der Waals surface area contributed by atoms with Gasteiger partial charge in [0.25, 0.3) is 0 Å². The number of rotatable bonds is 9. The molecule has 0 unspecified atom stereocenters. The minimum atomic E-state index is -1.15. The first-order chi connectivity index (χ1) is 13.6. The van der Waals surface area contributed by atoms with Crippen molar-refractivity contribution in [1.29, 1.82) is 0 Å². The molecule has 0 aliphatic carbocycles. The smallest absolute Gasteiger partial charge is 0.326 e. The van der Waals surface area contributed by atoms with Gasteiger partial charge >= 0.3 is 5.97 Å². The Hall–Kier alpha value is -2.52. The van der Waals surface area contributed by atoms with Crippen LogP contribution in [0.5, 0.6) is 0 Å². The van der Waals surface area contributed by atoms with Crippen LogP contribution >= 0.6 is 12.6 Å². The highest BCUT2D eigenvalue weighted by Crippen LogP contribution is 2.21. The predicted octanol–water partition coefficient (Wildman–Crippen LogP) is 0.688. The van der Waals surface area contributed by atoms with Crippen LogP contribution in [-0.4, -0.2) is 51.3 Å². The van der Waals surface area contributed by atoms with E-state index in [-0.39, 0.29) is 18.1 Å². The monoisotopic (exact) mass is 420 g/mol. The third-order valence-electron chi connectivity index (χ3n) is 4.80. The van der Waals surface area contributed by atoms with Crippen LogP contribution in [0.25, 0.3) is 10.9 Å². The lowest BCUT2D eigenvalue weighted by atomic mass is 10.0. The predicted molar refractivity (Wildman–Crippen MR) is 115 cm³/mol. The van der Waals surface area contributed by atoms with Crippen LogP contribution < -0.4 is 16.4 Å². The number of aryl methyl sites for hydroxylation is 1. The standard InChI is InChI=1S/C20H28N4O4S/c1-11(2)17(23-18(25)14(21)10-29)19(26)22-15(20(27)28)8-12-9-24(3)16-7-5-4-6-13(12)16/h4-7,9,11,14-15,17,29H,8,10,21H2,1-3H3,(H,22,26)(H,23,25)(H,27,28)/t14-,15-,17-/m0/s1. The maximum absolute atomic E-state index is 12.8. The second-order valence-corrected chi connectivity index (χ2v) is 7.77. The molecule has 0 saturated heterocycles. The van der Waals surface area contributed by atoms with Crippen molar-refractivity contribution in [3.05, 3.63) is 36.0 Å². The van der Waals surface area contributed by atoms with Crippen LogP contribution in [0.15, 0.2) is 30.5 Å². The lowest BCUT2D eigenvalue weighted by molar-refractivity contribution is -0.142. The first-order valence-electron chi connectivity index (χ1n) is 9.38. The number of aromatic nitrogens is 1. The Bertz CT molecular complexity index is 896. The van der Waals surface area contributed by atoms with Gasteiger partial charge in [-0.05, 0) is 17.5 Å². The highest BCUT2D eigenvalue weighted by molar-refractivity contribution is 7.80. The van der Waals surface area contributed by atoms with E-state index >= 15 is 0 Å². The molecule has 0 saturated carbocycles. The number of para-hydroxylation sites is 1. The van der Waals surface area contributed by atoms with Gasteiger partial charge in [0.1, 0.15) is 12.1 Å². The summed E-state index contributed by atoms with van der Waals surface area (Å²) in [4.78, 5) is 36.6. The Kier molecular flexibility index (Phi) is 7.69. The summed E-state index contributed by atoms with van der Waals surface area (Å²) in [6.07, 6.45) is 1.98. The van der Waals surface area contributed by atoms with Gasteiger partial charge in [0.05, 0.1) is 6.04 Å². The molecule has 0 aliphatic rings. The van der Waals surface area contributed by atoms with Crippen LogP contribution in [0, 0.1) is 5.92 Å². The number of hydrogen-bond donors (Lipinski definition) is 5. The van der Waals surface area contributed by atoms with Gasteiger partial charge in [-0.3, -0.25) is 9.59 Å². The van der Waals surface area contributed by atoms with Crippen LogP contribution in [-0.2, 0) is 27.9 Å². The number of amides is 2. The highest BCUT2D eigenvalue weighted by atomic mass is 32.1. The molecule has 0 aliphatic heterocycles. The molecular formula is C20H28N4O4S. The van der Waals surface area contributed by atoms with Crippen molar-refractivity contribution in [2.75, 3.05) is 5.75 Å². The van der Waals surface area contributed by atoms with E-state index in [1.54, 1.807) is 13.8 Å². The number of carbonyl (C=O) groups excluding carboxylic acids is 2. The van der Waals surface area contributed by atoms with Gasteiger partial charge in [-0.25, -0.2) is 4.79 Å². The average molecular weight is 421 g/mol. The van der Waals surface area contributed by atoms with Crippen molar-refractivity contribution in [2.24, 2.45) is 18.7 Å². The molecule has 5 N–H and O–H groups in total. The second-order valence-electron chi connectivity index (χ2n) is 7.41. The topological polar surface area (TPSA) is 126 Å². The van der Waals surface area contributed by atoms with Gasteiger partial charge in [0, 0.05) is 36.3 Å². The molecule has 2 amide bonds. The molecule has 0 bridgehead atoms. The fraction of sp³-hybridized carbons (Fsp3) is 0.450. The van der Waals surface area contributed by atoms with E-state index < -0.39 is 35.9 Å². The van der Waals surface area contributed by atoms with Crippen LogP contribution in [0.1, 0.15) is 19.4 Å². The first-order valence-corrected chi connectivity index (χ1v) is 10.0. The fourth-order valence-corrected chi connectivity index (χ4v) is 3.31. The third kappa shape index (κ3) is 5.51. The number of carboxylic acids is 1. The molecule has 0 fully saturated rings. The average Bonchev–Trinajstić information content (AvgIpc) is 3.00. The van der Waals surface area contributed by atoms with E-state index in [1.165, 1.54) is 0 Å². The van der Waals surface area contributed by atoms with Crippen molar-refractivity contribution in [3.8, 4) is 0 Å². The summed E-state index contributed by atoms with van der Waals surface area (Å²) in [5.41, 5.74) is 7.45. The fourth-order valence-electron chi connectivity index (χ4n) is 3.15. The van der Waals surface area contributed by atoms with E-state index in [9.17, 15) is 19.5 Å². The van der Waals surface area contributed by atoms with Crippen LogP contribution in [0.4, 0.5) is 0 Å². The maximum Gasteiger partial charge on any atom is 0.326 e. The van der Waals surface area contributed by atoms with Gasteiger partial charge in [0.15, 0.2) is 0 Å². The summed E-state index contributed by atoms with van der Waals surface area (Å²) in [6, 6.07) is 4.78. The second kappa shape index (κ2) is 9.80. The van der Waals surface area contributed by atoms with Gasteiger partial charge in [0.2, 0.25) is 11.8 Å². The van der Waals surface area contributed by atoms with Gasteiger partial charge in [-0.2, -0.15) is 12.6 Å². The molecule has 2 aromatic rings. The molecule has 158 valence electrons. The minimum Gasteiger partial charge on any atom is -0.480 e. The molecule has 9 heteroatoms. The Balaban J connectivity index is 2.18. The zero-order valence-corrected chi connectivity index (χ0v) is 17.6. The van der Waals surface area contributed by atoms with Crippen LogP contribution in [0.2, 0.25) is 0 Å². The summed E-state index contributed by atoms with van der Waals surface area (Å²) in [7, 11) is 1.88. The number of carbonyl (C=O) groups is 3. The van der Waals surface area contributed by atoms with Crippen molar-refractivity contribution in [3.63, 3.8) is 0 Å². The number of thiol groups is 1. The number of carboxylic acid groups (broad SMARTS) is 1. The number of hydrogen-bond acceptors (Lipinski definition) is 5. The molecule has 1 aromatic carbocycles. The van der Waals surface area contributed by atoms with Crippen molar-refractivity contribution < 1.29 is 19.5 Å². The van der Waals surface area contributed by atoms with Gasteiger partial charge in [-0.15, -0.1) is 0 Å². The first kappa shape index (κ1) is 22.8. The Morgan fingerprint density at radius 1 is 1.17 bits per heavy atom. The SMILES string of the molecule is CC(C)[C@H](NC(=O)[C@@H](N)CS)C(=O)N[C@@H](Cc1cn(C)c2ccccc12)C(=O)O. The van der Waals surface area contributed by atoms with E-state index in [4.69, 9.17) is 5.73 Å². The summed E-state index contributed by atoms with van der Waals surface area (Å²) >= 11 is 3.98. The quantitative estimate of drug-likeness (QED) is 0.382. The number of nitrogens with one attached hydrogen (secondary N) is 2. The Morgan fingerprint density at radius 2 is 1.83 bits per heavy atom. The maximum atomic E-state index is 12.8. The number of benzene rings is 1. The van der Waals surface area contributed by atoms with Crippen molar-refractivity contribution in [2.45, 2.75) is 38.4 Å². The van der Waals surface area contributed by atoms with Gasteiger partial charge < -0.3 is 26.0 Å². The molecule has 1 heterocycles. The molecule has 29 heavy (non-hydrogen) atoms. The molecule has 3 atom stereocenters. The van der Waals surface area contributed by atoms with Crippen molar-refractivity contribution >= 4 is 41.3 Å². The number of nitrogens with zero attached hydrogens (tertiary/aromatic N) is 1. The molecule has 1 aromatic heterocycles. The van der Waals surface area contributed by atoms with Crippen molar-refractivity contribution in [1.82, 2.24) is 15.2 Å². The largest absolute Gasteiger partial charge is 0.480 e. The Morgan fingerprint density at radius 3 is 2.41 bits per heavy atom. The lowest BCUT2D eigenvalue weighted by Crippen LogP contribution is -2.56. The summed E-state index contributed by atoms with van der Waals surface area (Å²) in [5, 5.41) is 15.7. The van der Waals surface area contributed by atoms with Gasteiger partial charge in [-0.1, -0.05) is 32.0 Å². The number of aliphatic carboxylic acids is 1. The van der Waals surface area contributed by atoms with Crippen LogP contribution in [0.3, 0.4) is 0 Å². The van der Waals surface area contributed by atoms with E-state index in [1.807, 2.05) is 42.1 Å².